The van der Waals surface area contributed by atoms with Gasteiger partial charge in [0, 0.05) is 33.1 Å². The predicted octanol–water partition coefficient (Wildman–Crippen LogP) is 0.708. The first-order valence-corrected chi connectivity index (χ1v) is 6.23. The Morgan fingerprint density at radius 3 is 2.27 bits per heavy atom. The third-order valence-electron chi connectivity index (χ3n) is 2.75. The molecule has 0 atom stereocenters. The molecule has 1 rings (SSSR count). The molecule has 0 aromatic carbocycles. The summed E-state index contributed by atoms with van der Waals surface area (Å²) in [4.78, 5) is 26.5. The van der Waals surface area contributed by atoms with Gasteiger partial charge in [-0.2, -0.15) is 0 Å². The van der Waals surface area contributed by atoms with Crippen LogP contribution in [0, 0.1) is 5.92 Å². The number of likely N-dealkylation sites (tertiary alicyclic amines) is 1. The van der Waals surface area contributed by atoms with Crippen LogP contribution in [0.25, 0.3) is 0 Å². The minimum absolute atomic E-state index is 0.0966. The van der Waals surface area contributed by atoms with Crippen LogP contribution < -0.4 is 0 Å². The van der Waals surface area contributed by atoms with Crippen LogP contribution in [0.1, 0.15) is 12.8 Å². The van der Waals surface area contributed by atoms with Crippen LogP contribution in [0.2, 0.25) is 0 Å². The zero-order valence-electron chi connectivity index (χ0n) is 9.20. The molecule has 86 valence electrons. The zero-order valence-corrected chi connectivity index (χ0v) is 10.8. The molecule has 0 spiro atoms. The molecule has 0 aromatic rings. The molecule has 2 amide bonds. The fraction of sp³-hybridized carbons (Fsp3) is 0.800. The smallest absolute Gasteiger partial charge is 0.233 e. The fourth-order valence-corrected chi connectivity index (χ4v) is 2.18. The highest BCUT2D eigenvalue weighted by atomic mass is 79.9. The SMILES string of the molecule is CN(C)C(=O)C1CCN(C(=O)CBr)CC1. The van der Waals surface area contributed by atoms with Crippen molar-refractivity contribution in [1.29, 1.82) is 0 Å². The summed E-state index contributed by atoms with van der Waals surface area (Å²) < 4.78 is 0. The number of alkyl halides is 1. The third-order valence-corrected chi connectivity index (χ3v) is 3.23. The quantitative estimate of drug-likeness (QED) is 0.697. The summed E-state index contributed by atoms with van der Waals surface area (Å²) in [7, 11) is 3.55. The van der Waals surface area contributed by atoms with E-state index < -0.39 is 0 Å². The molecule has 0 radical (unpaired) electrons. The Labute approximate surface area is 98.7 Å². The van der Waals surface area contributed by atoms with Crippen molar-refractivity contribution in [2.45, 2.75) is 12.8 Å². The Morgan fingerprint density at radius 2 is 1.87 bits per heavy atom. The number of carbonyl (C=O) groups excluding carboxylic acids is 2. The second kappa shape index (κ2) is 5.49. The first-order chi connectivity index (χ1) is 7.06. The van der Waals surface area contributed by atoms with E-state index in [9.17, 15) is 9.59 Å². The number of nitrogens with zero attached hydrogens (tertiary/aromatic N) is 2. The van der Waals surface area contributed by atoms with E-state index in [2.05, 4.69) is 15.9 Å². The second-order valence-electron chi connectivity index (χ2n) is 4.02. The largest absolute Gasteiger partial charge is 0.349 e. The van der Waals surface area contributed by atoms with Crippen LogP contribution in [-0.2, 0) is 9.59 Å². The number of hydrogen-bond donors (Lipinski definition) is 0. The van der Waals surface area contributed by atoms with Crippen LogP contribution in [0.5, 0.6) is 0 Å². The van der Waals surface area contributed by atoms with Crippen molar-refractivity contribution >= 4 is 27.7 Å². The molecule has 0 saturated carbocycles. The molecule has 15 heavy (non-hydrogen) atoms. The lowest BCUT2D eigenvalue weighted by Gasteiger charge is -2.32. The lowest BCUT2D eigenvalue weighted by molar-refractivity contribution is -0.137. The average molecular weight is 277 g/mol. The zero-order chi connectivity index (χ0) is 11.4. The maximum atomic E-state index is 11.7. The average Bonchev–Trinajstić information content (AvgIpc) is 2.27. The second-order valence-corrected chi connectivity index (χ2v) is 4.58. The summed E-state index contributed by atoms with van der Waals surface area (Å²) in [6, 6.07) is 0. The normalized spacial score (nSPS) is 17.7. The Morgan fingerprint density at radius 1 is 1.33 bits per heavy atom. The topological polar surface area (TPSA) is 40.6 Å². The van der Waals surface area contributed by atoms with Gasteiger partial charge in [-0.3, -0.25) is 9.59 Å². The predicted molar refractivity (Wildman–Crippen MR) is 61.8 cm³/mol. The molecule has 0 aromatic heterocycles. The Bertz CT molecular complexity index is 248. The summed E-state index contributed by atoms with van der Waals surface area (Å²) in [5.74, 6) is 0.395. The van der Waals surface area contributed by atoms with Gasteiger partial charge in [0.15, 0.2) is 0 Å². The summed E-state index contributed by atoms with van der Waals surface area (Å²) in [6.45, 7) is 1.41. The lowest BCUT2D eigenvalue weighted by atomic mass is 9.95. The monoisotopic (exact) mass is 276 g/mol. The van der Waals surface area contributed by atoms with Crippen LogP contribution in [0.4, 0.5) is 0 Å². The van der Waals surface area contributed by atoms with Gasteiger partial charge in [0.05, 0.1) is 5.33 Å². The highest BCUT2D eigenvalue weighted by molar-refractivity contribution is 9.09. The van der Waals surface area contributed by atoms with Crippen LogP contribution in [0.3, 0.4) is 0 Å². The van der Waals surface area contributed by atoms with E-state index in [1.54, 1.807) is 19.0 Å². The Balaban J connectivity index is 2.42. The maximum Gasteiger partial charge on any atom is 0.233 e. The van der Waals surface area contributed by atoms with Gasteiger partial charge in [0.2, 0.25) is 11.8 Å². The number of halogens is 1. The first-order valence-electron chi connectivity index (χ1n) is 5.11. The summed E-state index contributed by atoms with van der Waals surface area (Å²) in [6.07, 6.45) is 1.57. The van der Waals surface area contributed by atoms with E-state index in [0.717, 1.165) is 12.8 Å². The van der Waals surface area contributed by atoms with Crippen molar-refractivity contribution in [3.63, 3.8) is 0 Å². The molecular weight excluding hydrogens is 260 g/mol. The summed E-state index contributed by atoms with van der Waals surface area (Å²) in [5.41, 5.74) is 0. The van der Waals surface area contributed by atoms with Gasteiger partial charge in [-0.1, -0.05) is 15.9 Å². The number of rotatable bonds is 2. The van der Waals surface area contributed by atoms with Crippen LogP contribution >= 0.6 is 15.9 Å². The number of carbonyl (C=O) groups is 2. The fourth-order valence-electron chi connectivity index (χ4n) is 1.83. The Hall–Kier alpha value is -0.580. The van der Waals surface area contributed by atoms with Gasteiger partial charge in [-0.25, -0.2) is 0 Å². The number of piperidine rings is 1. The van der Waals surface area contributed by atoms with Gasteiger partial charge < -0.3 is 9.80 Å². The minimum atomic E-state index is 0.0966. The van der Waals surface area contributed by atoms with Gasteiger partial charge in [-0.05, 0) is 12.8 Å². The van der Waals surface area contributed by atoms with Crippen molar-refractivity contribution < 1.29 is 9.59 Å². The summed E-state index contributed by atoms with van der Waals surface area (Å²) in [5, 5.41) is 0.374. The molecule has 0 unspecified atom stereocenters. The maximum absolute atomic E-state index is 11.7. The van der Waals surface area contributed by atoms with Crippen molar-refractivity contribution in [3.05, 3.63) is 0 Å². The minimum Gasteiger partial charge on any atom is -0.349 e. The molecule has 1 aliphatic heterocycles. The van der Waals surface area contributed by atoms with E-state index in [1.807, 2.05) is 4.90 Å². The first kappa shape index (κ1) is 12.5. The van der Waals surface area contributed by atoms with Gasteiger partial charge in [0.1, 0.15) is 0 Å². The molecule has 1 saturated heterocycles. The van der Waals surface area contributed by atoms with E-state index >= 15 is 0 Å². The van der Waals surface area contributed by atoms with E-state index in [4.69, 9.17) is 0 Å². The van der Waals surface area contributed by atoms with Crippen LogP contribution in [-0.4, -0.2) is 54.1 Å². The molecule has 1 aliphatic rings. The molecule has 1 fully saturated rings. The third kappa shape index (κ3) is 3.19. The van der Waals surface area contributed by atoms with Crippen molar-refractivity contribution in [3.8, 4) is 0 Å². The standard InChI is InChI=1S/C10H17BrN2O2/c1-12(2)10(15)8-3-5-13(6-4-8)9(14)7-11/h8H,3-7H2,1-2H3. The van der Waals surface area contributed by atoms with Gasteiger partial charge >= 0.3 is 0 Å². The summed E-state index contributed by atoms with van der Waals surface area (Å²) >= 11 is 3.15. The van der Waals surface area contributed by atoms with Crippen molar-refractivity contribution in [1.82, 2.24) is 9.80 Å². The molecule has 5 heteroatoms. The molecule has 1 heterocycles. The molecule has 0 N–H and O–H groups in total. The van der Waals surface area contributed by atoms with Gasteiger partial charge in [-0.15, -0.1) is 0 Å². The van der Waals surface area contributed by atoms with Crippen LogP contribution in [0.15, 0.2) is 0 Å². The molecule has 4 nitrogen and oxygen atoms in total. The highest BCUT2D eigenvalue weighted by Crippen LogP contribution is 2.19. The number of amides is 2. The highest BCUT2D eigenvalue weighted by Gasteiger charge is 2.27. The van der Waals surface area contributed by atoms with Crippen molar-refractivity contribution in [2.24, 2.45) is 5.92 Å². The lowest BCUT2D eigenvalue weighted by Crippen LogP contribution is -2.43. The van der Waals surface area contributed by atoms with Crippen molar-refractivity contribution in [2.75, 3.05) is 32.5 Å². The molecule has 0 aliphatic carbocycles. The van der Waals surface area contributed by atoms with Gasteiger partial charge in [0.25, 0.3) is 0 Å². The molecular formula is C10H17BrN2O2. The van der Waals surface area contributed by atoms with E-state index in [-0.39, 0.29) is 17.7 Å². The molecule has 0 bridgehead atoms. The Kier molecular flexibility index (Phi) is 4.57. The van der Waals surface area contributed by atoms with E-state index in [0.29, 0.717) is 18.4 Å². The number of hydrogen-bond acceptors (Lipinski definition) is 2. The van der Waals surface area contributed by atoms with E-state index in [1.165, 1.54) is 0 Å².